The molecule has 0 bridgehead atoms. The van der Waals surface area contributed by atoms with E-state index < -0.39 is 188 Å². The number of aliphatic carboxylic acids is 4. The Morgan fingerprint density at radius 1 is 0.438 bits per heavy atom. The van der Waals surface area contributed by atoms with Crippen LogP contribution < -0.4 is 53.6 Å². The minimum absolute atomic E-state index is 0.0315. The molecule has 500 valence electrons. The monoisotopic (exact) mass is 1280 g/mol. The SMILES string of the molecule is CC(=O)N[C@@H](CC(=O)O)C(=O)N[C@H](CCC(=O)O)C(=O)N[C@@H](CC(C)C)C(=O)N[C@@H](CCC(=O)O)C(=O)N[C@@H](CC1CCCCC1)C(=O)N[C@@H](CS)C(=O)N1CCC[C@H]1C(=O)N[C@@H](CC1CCCCC1)C(=O)N[C@@H](CC(=O)O)C(=O)N[C@@H](CC(C)C)C(N)=O. The molecule has 1 saturated heterocycles. The van der Waals surface area contributed by atoms with Crippen molar-refractivity contribution in [1.82, 2.24) is 52.8 Å². The van der Waals surface area contributed by atoms with Crippen LogP contribution in [0.25, 0.3) is 0 Å². The minimum Gasteiger partial charge on any atom is -0.481 e. The summed E-state index contributed by atoms with van der Waals surface area (Å²) in [6.45, 7) is 7.96. The van der Waals surface area contributed by atoms with Crippen molar-refractivity contribution in [2.75, 3.05) is 12.3 Å². The fourth-order valence-corrected chi connectivity index (χ4v) is 11.6. The number of hydrogen-bond donors (Lipinski definition) is 15. The molecule has 0 aromatic rings. The maximum absolute atomic E-state index is 14.6. The van der Waals surface area contributed by atoms with Crippen molar-refractivity contribution in [3.8, 4) is 0 Å². The standard InChI is InChI=1S/C58H93N11O19S/c1-30(2)23-37(49(59)79)63-56(86)42(28-48(77)78)66-53(83)40(26-34-15-10-7-11-16-34)67-57(87)44-17-12-22-69(44)58(88)43(29-89)68-54(84)39(25-33-13-8-6-9-14-33)65-51(81)36(19-21-46(73)74)61-52(82)38(24-31(3)4)64-50(80)35(18-20-45(71)72)62-55(85)41(27-47(75)76)60-32(5)70/h30-31,33-44,89H,6-29H2,1-5H3,(H2,59,79)(H,60,70)(H,61,82)(H,62,85)(H,63,86)(H,64,80)(H,65,81)(H,66,83)(H,67,87)(H,68,84)(H,71,72)(H,73,74)(H,75,76)(H,77,78)/t35-,36+,37+,38+,39+,40+,41+,42+,43+,44+/m1/s1. The van der Waals surface area contributed by atoms with E-state index in [-0.39, 0.29) is 68.1 Å². The summed E-state index contributed by atoms with van der Waals surface area (Å²) in [6.07, 6.45) is 4.30. The van der Waals surface area contributed by atoms with E-state index in [4.69, 9.17) is 5.73 Å². The first-order valence-corrected chi connectivity index (χ1v) is 31.3. The van der Waals surface area contributed by atoms with Crippen LogP contribution in [-0.4, -0.2) is 187 Å². The van der Waals surface area contributed by atoms with E-state index in [9.17, 15) is 92.3 Å². The number of rotatable bonds is 38. The fourth-order valence-electron chi connectivity index (χ4n) is 11.3. The molecule has 0 spiro atoms. The third-order valence-corrected chi connectivity index (χ3v) is 16.2. The molecule has 2 aliphatic carbocycles. The number of likely N-dealkylation sites (tertiary alicyclic amines) is 1. The lowest BCUT2D eigenvalue weighted by Crippen LogP contribution is -2.61. The maximum atomic E-state index is 14.6. The van der Waals surface area contributed by atoms with Gasteiger partial charge in [-0.05, 0) is 75.0 Å². The molecule has 89 heavy (non-hydrogen) atoms. The van der Waals surface area contributed by atoms with Crippen molar-refractivity contribution in [2.45, 2.75) is 236 Å². The van der Waals surface area contributed by atoms with E-state index in [0.717, 1.165) is 58.3 Å². The van der Waals surface area contributed by atoms with E-state index in [1.807, 2.05) is 0 Å². The first-order chi connectivity index (χ1) is 41.9. The molecule has 3 fully saturated rings. The van der Waals surface area contributed by atoms with Crippen LogP contribution in [0, 0.1) is 23.7 Å². The summed E-state index contributed by atoms with van der Waals surface area (Å²) in [6, 6.07) is -14.7. The number of carboxylic acid groups (broad SMARTS) is 4. The third-order valence-electron chi connectivity index (χ3n) is 15.8. The van der Waals surface area contributed by atoms with Gasteiger partial charge >= 0.3 is 23.9 Å². The highest BCUT2D eigenvalue weighted by molar-refractivity contribution is 7.80. The summed E-state index contributed by atoms with van der Waals surface area (Å²) >= 11 is 4.39. The summed E-state index contributed by atoms with van der Waals surface area (Å²) in [7, 11) is 0. The lowest BCUT2D eigenvalue weighted by atomic mass is 9.84. The highest BCUT2D eigenvalue weighted by atomic mass is 32.1. The van der Waals surface area contributed by atoms with Crippen LogP contribution in [-0.2, 0) is 71.9 Å². The molecule has 1 heterocycles. The molecule has 31 heteroatoms. The van der Waals surface area contributed by atoms with Gasteiger partial charge in [0.05, 0.1) is 12.8 Å². The zero-order valence-electron chi connectivity index (χ0n) is 51.4. The number of carboxylic acids is 4. The Morgan fingerprint density at radius 2 is 0.798 bits per heavy atom. The van der Waals surface area contributed by atoms with Gasteiger partial charge in [0.2, 0.25) is 65.0 Å². The normalized spacial score (nSPS) is 18.4. The summed E-state index contributed by atoms with van der Waals surface area (Å²) in [5, 5.41) is 60.6. The second-order valence-corrected chi connectivity index (χ2v) is 24.7. The number of nitrogens with zero attached hydrogens (tertiary/aromatic N) is 1. The van der Waals surface area contributed by atoms with Gasteiger partial charge in [0.15, 0.2) is 0 Å². The molecule has 0 unspecified atom stereocenters. The Bertz CT molecular complexity index is 2510. The maximum Gasteiger partial charge on any atom is 0.305 e. The van der Waals surface area contributed by atoms with E-state index in [2.05, 4.69) is 60.5 Å². The molecule has 30 nitrogen and oxygen atoms in total. The number of hydrogen-bond acceptors (Lipinski definition) is 16. The zero-order valence-corrected chi connectivity index (χ0v) is 52.3. The summed E-state index contributed by atoms with van der Waals surface area (Å²) in [5.74, 6) is -16.8. The first kappa shape index (κ1) is 75.6. The van der Waals surface area contributed by atoms with Gasteiger partial charge in [-0.25, -0.2) is 0 Å². The quantitative estimate of drug-likeness (QED) is 0.0346. The molecule has 10 atom stereocenters. The van der Waals surface area contributed by atoms with E-state index in [1.54, 1.807) is 27.7 Å². The Hall–Kier alpha value is -7.60. The smallest absolute Gasteiger partial charge is 0.305 e. The molecule has 0 aromatic heterocycles. The van der Waals surface area contributed by atoms with Crippen molar-refractivity contribution in [2.24, 2.45) is 29.4 Å². The van der Waals surface area contributed by atoms with Crippen molar-refractivity contribution in [3.05, 3.63) is 0 Å². The number of thiol groups is 1. The second kappa shape index (κ2) is 38.1. The van der Waals surface area contributed by atoms with E-state index in [0.29, 0.717) is 19.3 Å². The lowest BCUT2D eigenvalue weighted by Gasteiger charge is -2.32. The van der Waals surface area contributed by atoms with Crippen LogP contribution >= 0.6 is 12.6 Å². The number of nitrogens with two attached hydrogens (primary N) is 1. The predicted molar refractivity (Wildman–Crippen MR) is 320 cm³/mol. The van der Waals surface area contributed by atoms with Gasteiger partial charge in [-0.15, -0.1) is 0 Å². The average molecular weight is 1280 g/mol. The van der Waals surface area contributed by atoms with Gasteiger partial charge in [0.25, 0.3) is 0 Å². The largest absolute Gasteiger partial charge is 0.481 e. The topological polar surface area (TPSA) is 474 Å². The third kappa shape index (κ3) is 27.4. The number of primary amides is 1. The van der Waals surface area contributed by atoms with Crippen LogP contribution in [0.15, 0.2) is 0 Å². The van der Waals surface area contributed by atoms with Crippen LogP contribution in [0.1, 0.15) is 176 Å². The number of amides is 11. The lowest BCUT2D eigenvalue weighted by molar-refractivity contribution is -0.143. The van der Waals surface area contributed by atoms with Crippen molar-refractivity contribution >= 4 is 101 Å². The van der Waals surface area contributed by atoms with Gasteiger partial charge in [-0.1, -0.05) is 91.9 Å². The van der Waals surface area contributed by atoms with Gasteiger partial charge in [-0.3, -0.25) is 71.9 Å². The molecule has 3 rings (SSSR count). The molecule has 15 N–H and O–H groups in total. The van der Waals surface area contributed by atoms with Crippen LogP contribution in [0.4, 0.5) is 0 Å². The van der Waals surface area contributed by atoms with Crippen LogP contribution in [0.5, 0.6) is 0 Å². The van der Waals surface area contributed by atoms with E-state index in [1.165, 1.54) is 4.90 Å². The van der Waals surface area contributed by atoms with Crippen LogP contribution in [0.3, 0.4) is 0 Å². The molecule has 0 radical (unpaired) electrons. The Labute approximate surface area is 522 Å². The van der Waals surface area contributed by atoms with Gasteiger partial charge in [0, 0.05) is 32.1 Å². The predicted octanol–water partition coefficient (Wildman–Crippen LogP) is -0.512. The molecule has 0 aromatic carbocycles. The minimum atomic E-state index is -1.70. The van der Waals surface area contributed by atoms with Gasteiger partial charge in [-0.2, -0.15) is 12.6 Å². The average Bonchev–Trinajstić information content (AvgIpc) is 2.45. The van der Waals surface area contributed by atoms with Gasteiger partial charge in [0.1, 0.15) is 60.4 Å². The molecule has 11 amide bonds. The van der Waals surface area contributed by atoms with Crippen molar-refractivity contribution in [1.29, 1.82) is 0 Å². The summed E-state index contributed by atoms with van der Waals surface area (Å²) in [4.78, 5) is 199. The van der Waals surface area contributed by atoms with Crippen molar-refractivity contribution < 1.29 is 92.3 Å². The first-order valence-electron chi connectivity index (χ1n) is 30.7. The Kier molecular flexibility index (Phi) is 32.4. The van der Waals surface area contributed by atoms with Crippen molar-refractivity contribution in [3.63, 3.8) is 0 Å². The zero-order chi connectivity index (χ0) is 66.7. The summed E-state index contributed by atoms with van der Waals surface area (Å²) in [5.41, 5.74) is 5.52. The molecular weight excluding hydrogens is 1190 g/mol. The number of carbonyl (C=O) groups excluding carboxylic acids is 11. The second-order valence-electron chi connectivity index (χ2n) is 24.3. The number of carbonyl (C=O) groups is 15. The molecule has 3 aliphatic rings. The highest BCUT2D eigenvalue weighted by Crippen LogP contribution is 2.30. The Balaban J connectivity index is 1.91. The molecule has 1 aliphatic heterocycles. The van der Waals surface area contributed by atoms with Crippen LogP contribution in [0.2, 0.25) is 0 Å². The Morgan fingerprint density at radius 3 is 1.21 bits per heavy atom. The number of nitrogens with one attached hydrogen (secondary N) is 9. The molecular formula is C58H93N11O19S. The van der Waals surface area contributed by atoms with Gasteiger partial charge < -0.3 is 78.9 Å². The fraction of sp³-hybridized carbons (Fsp3) is 0.741. The van der Waals surface area contributed by atoms with E-state index >= 15 is 0 Å². The molecule has 2 saturated carbocycles. The highest BCUT2D eigenvalue weighted by Gasteiger charge is 2.42. The summed E-state index contributed by atoms with van der Waals surface area (Å²) < 4.78 is 0.